The van der Waals surface area contributed by atoms with E-state index in [2.05, 4.69) is 10.2 Å². The first-order valence-electron chi connectivity index (χ1n) is 8.68. The fourth-order valence-corrected chi connectivity index (χ4v) is 3.13. The first-order chi connectivity index (χ1) is 12.1. The van der Waals surface area contributed by atoms with Crippen LogP contribution in [0.1, 0.15) is 24.4 Å². The number of methoxy groups -OCH3 is 2. The first-order valence-corrected chi connectivity index (χ1v) is 8.68. The zero-order valence-electron chi connectivity index (χ0n) is 14.9. The average molecular weight is 349 g/mol. The van der Waals surface area contributed by atoms with Crippen molar-refractivity contribution in [1.29, 1.82) is 0 Å². The van der Waals surface area contributed by atoms with Gasteiger partial charge < -0.3 is 25.3 Å². The Morgan fingerprint density at radius 2 is 1.96 bits per heavy atom. The summed E-state index contributed by atoms with van der Waals surface area (Å²) in [7, 11) is 3.24. The smallest absolute Gasteiger partial charge is 0.240 e. The van der Waals surface area contributed by atoms with Gasteiger partial charge in [0.2, 0.25) is 5.91 Å². The molecule has 1 aliphatic heterocycles. The van der Waals surface area contributed by atoms with E-state index in [0.717, 1.165) is 31.5 Å². The molecule has 1 aromatic carbocycles. The highest BCUT2D eigenvalue weighted by molar-refractivity contribution is 5.89. The van der Waals surface area contributed by atoms with Gasteiger partial charge in [-0.2, -0.15) is 0 Å². The summed E-state index contributed by atoms with van der Waals surface area (Å²) >= 11 is 0. The summed E-state index contributed by atoms with van der Waals surface area (Å²) in [5.74, 6) is 1.31. The number of nitrogens with zero attached hydrogens (tertiary/aromatic N) is 1. The second-order valence-electron chi connectivity index (χ2n) is 6.64. The van der Waals surface area contributed by atoms with Crippen LogP contribution in [0.5, 0.6) is 11.5 Å². The lowest BCUT2D eigenvalue weighted by Gasteiger charge is -2.35. The molecule has 2 aliphatic rings. The number of ether oxygens (including phenoxy) is 3. The van der Waals surface area contributed by atoms with E-state index < -0.39 is 5.54 Å². The molecular formula is C18H27N3O4. The quantitative estimate of drug-likeness (QED) is 0.753. The van der Waals surface area contributed by atoms with Gasteiger partial charge in [0.25, 0.3) is 0 Å². The van der Waals surface area contributed by atoms with Gasteiger partial charge in [0.1, 0.15) is 0 Å². The monoisotopic (exact) mass is 349 g/mol. The molecular weight excluding hydrogens is 322 g/mol. The number of carbonyl (C=O) groups excluding carboxylic acids is 1. The van der Waals surface area contributed by atoms with Gasteiger partial charge in [-0.1, -0.05) is 6.07 Å². The first kappa shape index (κ1) is 18.0. The third-order valence-corrected chi connectivity index (χ3v) is 4.98. The van der Waals surface area contributed by atoms with Crippen LogP contribution in [0.4, 0.5) is 0 Å². The second-order valence-corrected chi connectivity index (χ2v) is 6.64. The molecule has 3 N–H and O–H groups in total. The predicted octanol–water partition coefficient (Wildman–Crippen LogP) is 0.685. The molecule has 2 fully saturated rings. The molecule has 25 heavy (non-hydrogen) atoms. The van der Waals surface area contributed by atoms with Crippen LogP contribution < -0.4 is 20.5 Å². The van der Waals surface area contributed by atoms with Crippen LogP contribution in [0.3, 0.4) is 0 Å². The van der Waals surface area contributed by atoms with E-state index in [-0.39, 0.29) is 11.9 Å². The summed E-state index contributed by atoms with van der Waals surface area (Å²) in [5.41, 5.74) is 6.41. The Morgan fingerprint density at radius 1 is 1.28 bits per heavy atom. The van der Waals surface area contributed by atoms with Crippen molar-refractivity contribution < 1.29 is 19.0 Å². The fourth-order valence-electron chi connectivity index (χ4n) is 3.13. The molecule has 0 spiro atoms. The van der Waals surface area contributed by atoms with Crippen LogP contribution in [-0.2, 0) is 9.53 Å². The maximum absolute atomic E-state index is 12.2. The molecule has 1 atom stereocenters. The zero-order valence-corrected chi connectivity index (χ0v) is 14.9. The summed E-state index contributed by atoms with van der Waals surface area (Å²) in [4.78, 5) is 14.6. The summed E-state index contributed by atoms with van der Waals surface area (Å²) < 4.78 is 16.2. The van der Waals surface area contributed by atoms with Crippen molar-refractivity contribution in [3.63, 3.8) is 0 Å². The van der Waals surface area contributed by atoms with Crippen molar-refractivity contribution in [2.75, 3.05) is 47.1 Å². The van der Waals surface area contributed by atoms with Crippen LogP contribution in [0.15, 0.2) is 18.2 Å². The van der Waals surface area contributed by atoms with Crippen molar-refractivity contribution >= 4 is 5.91 Å². The number of rotatable bonds is 7. The predicted molar refractivity (Wildman–Crippen MR) is 93.8 cm³/mol. The highest BCUT2D eigenvalue weighted by Gasteiger charge is 2.46. The molecule has 1 heterocycles. The number of hydrogen-bond acceptors (Lipinski definition) is 6. The van der Waals surface area contributed by atoms with E-state index in [1.54, 1.807) is 14.2 Å². The molecule has 1 aliphatic carbocycles. The summed E-state index contributed by atoms with van der Waals surface area (Å²) in [5, 5.41) is 3.03. The number of hydrogen-bond donors (Lipinski definition) is 2. The van der Waals surface area contributed by atoms with Crippen molar-refractivity contribution in [3.05, 3.63) is 23.8 Å². The van der Waals surface area contributed by atoms with E-state index in [9.17, 15) is 4.79 Å². The van der Waals surface area contributed by atoms with E-state index in [0.29, 0.717) is 31.3 Å². The Balaban J connectivity index is 1.78. The Labute approximate surface area is 148 Å². The van der Waals surface area contributed by atoms with Crippen LogP contribution >= 0.6 is 0 Å². The van der Waals surface area contributed by atoms with Crippen molar-refractivity contribution in [2.24, 2.45) is 5.73 Å². The molecule has 1 saturated carbocycles. The molecule has 1 aromatic rings. The van der Waals surface area contributed by atoms with Gasteiger partial charge in [-0.3, -0.25) is 9.69 Å². The number of nitrogens with one attached hydrogen (secondary N) is 1. The topological polar surface area (TPSA) is 86.0 Å². The lowest BCUT2D eigenvalue weighted by Crippen LogP contribution is -2.48. The number of benzene rings is 1. The van der Waals surface area contributed by atoms with Crippen molar-refractivity contribution in [3.8, 4) is 11.5 Å². The number of carbonyl (C=O) groups is 1. The Kier molecular flexibility index (Phi) is 5.46. The second kappa shape index (κ2) is 7.59. The van der Waals surface area contributed by atoms with E-state index in [4.69, 9.17) is 19.9 Å². The lowest BCUT2D eigenvalue weighted by molar-refractivity contribution is -0.123. The van der Waals surface area contributed by atoms with Gasteiger partial charge >= 0.3 is 0 Å². The lowest BCUT2D eigenvalue weighted by atomic mass is 10.0. The van der Waals surface area contributed by atoms with E-state index in [1.807, 2.05) is 18.2 Å². The Bertz CT molecular complexity index is 612. The van der Waals surface area contributed by atoms with Crippen molar-refractivity contribution in [1.82, 2.24) is 10.2 Å². The molecule has 1 unspecified atom stereocenters. The van der Waals surface area contributed by atoms with Crippen LogP contribution in [0, 0.1) is 0 Å². The fraction of sp³-hybridized carbons (Fsp3) is 0.611. The normalized spacial score (nSPS) is 20.6. The number of amides is 1. The SMILES string of the molecule is COc1ccc(C(CNC(=O)C2(N)CC2)N2CCOCC2)cc1OC. The summed E-state index contributed by atoms with van der Waals surface area (Å²) in [6.45, 7) is 3.54. The number of nitrogens with two attached hydrogens (primary N) is 1. The standard InChI is InChI=1S/C18H27N3O4/c1-23-15-4-3-13(11-16(15)24-2)14(21-7-9-25-10-8-21)12-20-17(22)18(19)5-6-18/h3-4,11,14H,5-10,12,19H2,1-2H3,(H,20,22). The molecule has 138 valence electrons. The third kappa shape index (κ3) is 4.05. The Morgan fingerprint density at radius 3 is 2.56 bits per heavy atom. The molecule has 0 bridgehead atoms. The largest absolute Gasteiger partial charge is 0.493 e. The van der Waals surface area contributed by atoms with Gasteiger partial charge in [-0.15, -0.1) is 0 Å². The minimum Gasteiger partial charge on any atom is -0.493 e. The van der Waals surface area contributed by atoms with Crippen LogP contribution in [0.25, 0.3) is 0 Å². The molecule has 3 rings (SSSR count). The maximum atomic E-state index is 12.2. The maximum Gasteiger partial charge on any atom is 0.240 e. The third-order valence-electron chi connectivity index (χ3n) is 4.98. The molecule has 7 heteroatoms. The summed E-state index contributed by atoms with van der Waals surface area (Å²) in [6, 6.07) is 5.92. The van der Waals surface area contributed by atoms with E-state index in [1.165, 1.54) is 0 Å². The minimum atomic E-state index is -0.660. The van der Waals surface area contributed by atoms with Crippen LogP contribution in [-0.4, -0.2) is 63.4 Å². The van der Waals surface area contributed by atoms with Gasteiger partial charge in [-0.05, 0) is 30.5 Å². The van der Waals surface area contributed by atoms with Gasteiger partial charge in [0, 0.05) is 19.6 Å². The van der Waals surface area contributed by atoms with Crippen molar-refractivity contribution in [2.45, 2.75) is 24.4 Å². The zero-order chi connectivity index (χ0) is 17.9. The molecule has 1 amide bonds. The Hall–Kier alpha value is -1.83. The highest BCUT2D eigenvalue weighted by Crippen LogP contribution is 2.34. The van der Waals surface area contributed by atoms with Gasteiger partial charge in [-0.25, -0.2) is 0 Å². The highest BCUT2D eigenvalue weighted by atomic mass is 16.5. The molecule has 1 saturated heterocycles. The van der Waals surface area contributed by atoms with E-state index >= 15 is 0 Å². The number of morpholine rings is 1. The van der Waals surface area contributed by atoms with Crippen LogP contribution in [0.2, 0.25) is 0 Å². The van der Waals surface area contributed by atoms with Gasteiger partial charge in [0.05, 0.1) is 39.0 Å². The average Bonchev–Trinajstić information content (AvgIpc) is 3.41. The molecule has 0 aromatic heterocycles. The summed E-state index contributed by atoms with van der Waals surface area (Å²) in [6.07, 6.45) is 1.52. The molecule has 0 radical (unpaired) electrons. The minimum absolute atomic E-state index is 0.0370. The van der Waals surface area contributed by atoms with Gasteiger partial charge in [0.15, 0.2) is 11.5 Å². The molecule has 7 nitrogen and oxygen atoms in total.